The first kappa shape index (κ1) is 16.0. The molecule has 1 fully saturated rings. The molecule has 2 aromatic rings. The van der Waals surface area contributed by atoms with Gasteiger partial charge in [0, 0.05) is 19.7 Å². The lowest BCUT2D eigenvalue weighted by Crippen LogP contribution is -2.40. The van der Waals surface area contributed by atoms with E-state index in [9.17, 15) is 14.4 Å². The Hall–Kier alpha value is -2.90. The molecule has 1 unspecified atom stereocenters. The number of imide groups is 1. The number of aryl methyl sites for hydroxylation is 1. The molecule has 3 heterocycles. The minimum atomic E-state index is -0.431. The molecule has 3 rings (SSSR count). The van der Waals surface area contributed by atoms with Crippen LogP contribution in [-0.4, -0.2) is 38.9 Å². The van der Waals surface area contributed by atoms with Crippen molar-refractivity contribution in [2.45, 2.75) is 19.4 Å². The molecule has 24 heavy (non-hydrogen) atoms. The lowest BCUT2D eigenvalue weighted by Gasteiger charge is -2.14. The number of rotatable bonds is 6. The highest BCUT2D eigenvalue weighted by molar-refractivity contribution is 6.06. The van der Waals surface area contributed by atoms with Gasteiger partial charge in [-0.15, -0.1) is 0 Å². The number of carbonyl (C=O) groups is 3. The smallest absolute Gasteiger partial charge is 0.240 e. The van der Waals surface area contributed by atoms with E-state index in [1.165, 1.54) is 6.26 Å². The van der Waals surface area contributed by atoms with E-state index >= 15 is 0 Å². The maximum Gasteiger partial charge on any atom is 0.240 e. The summed E-state index contributed by atoms with van der Waals surface area (Å²) in [4.78, 5) is 37.4. The van der Waals surface area contributed by atoms with Gasteiger partial charge in [-0.25, -0.2) is 0 Å². The van der Waals surface area contributed by atoms with Crippen LogP contribution in [0.15, 0.2) is 35.2 Å². The molecule has 0 aliphatic carbocycles. The fraction of sp³-hybridized carbons (Fsp3) is 0.375. The number of likely N-dealkylation sites (tertiary alicyclic amines) is 1. The van der Waals surface area contributed by atoms with Crippen molar-refractivity contribution in [2.24, 2.45) is 13.0 Å². The standard InChI is InChI=1S/C16H18N4O4/c1-19-9-11(7-18-19)5-12-6-15(22)20(16(12)23)10-14(21)17-8-13-3-2-4-24-13/h2-4,7,9,12H,5-6,8,10H2,1H3,(H,17,21). The Labute approximate surface area is 138 Å². The van der Waals surface area contributed by atoms with Crippen LogP contribution in [0.25, 0.3) is 0 Å². The highest BCUT2D eigenvalue weighted by Gasteiger charge is 2.39. The highest BCUT2D eigenvalue weighted by atomic mass is 16.3. The van der Waals surface area contributed by atoms with Crippen molar-refractivity contribution in [3.63, 3.8) is 0 Å². The van der Waals surface area contributed by atoms with E-state index in [0.717, 1.165) is 10.5 Å². The summed E-state index contributed by atoms with van der Waals surface area (Å²) in [5, 5.41) is 6.68. The van der Waals surface area contributed by atoms with Crippen molar-refractivity contribution in [2.75, 3.05) is 6.54 Å². The van der Waals surface area contributed by atoms with Gasteiger partial charge < -0.3 is 9.73 Å². The molecule has 0 aromatic carbocycles. The first-order valence-corrected chi connectivity index (χ1v) is 7.63. The zero-order valence-electron chi connectivity index (χ0n) is 13.3. The molecule has 126 valence electrons. The average Bonchev–Trinajstić information content (AvgIpc) is 3.25. The predicted octanol–water partition coefficient (Wildman–Crippen LogP) is 0.247. The van der Waals surface area contributed by atoms with E-state index in [1.54, 1.807) is 30.1 Å². The number of amides is 3. The molecule has 0 spiro atoms. The second kappa shape index (κ2) is 6.69. The summed E-state index contributed by atoms with van der Waals surface area (Å²) < 4.78 is 6.76. The largest absolute Gasteiger partial charge is 0.467 e. The third-order valence-electron chi connectivity index (χ3n) is 3.92. The van der Waals surface area contributed by atoms with Crippen molar-refractivity contribution in [1.29, 1.82) is 0 Å². The number of nitrogens with one attached hydrogen (secondary N) is 1. The number of hydrogen-bond donors (Lipinski definition) is 1. The molecule has 1 saturated heterocycles. The van der Waals surface area contributed by atoms with E-state index < -0.39 is 11.8 Å². The lowest BCUT2D eigenvalue weighted by molar-refractivity contribution is -0.143. The zero-order valence-corrected chi connectivity index (χ0v) is 13.3. The predicted molar refractivity (Wildman–Crippen MR) is 82.3 cm³/mol. The number of nitrogens with zero attached hydrogens (tertiary/aromatic N) is 3. The van der Waals surface area contributed by atoms with Crippen molar-refractivity contribution in [3.8, 4) is 0 Å². The molecule has 0 bridgehead atoms. The molecule has 1 atom stereocenters. The van der Waals surface area contributed by atoms with Crippen LogP contribution in [0.4, 0.5) is 0 Å². The minimum Gasteiger partial charge on any atom is -0.467 e. The summed E-state index contributed by atoms with van der Waals surface area (Å²) in [6.07, 6.45) is 5.58. The molecule has 3 amide bonds. The highest BCUT2D eigenvalue weighted by Crippen LogP contribution is 2.23. The maximum atomic E-state index is 12.4. The van der Waals surface area contributed by atoms with Gasteiger partial charge in [0.2, 0.25) is 17.7 Å². The van der Waals surface area contributed by atoms with Gasteiger partial charge >= 0.3 is 0 Å². The van der Waals surface area contributed by atoms with E-state index in [0.29, 0.717) is 12.2 Å². The topological polar surface area (TPSA) is 97.4 Å². The van der Waals surface area contributed by atoms with E-state index in [-0.39, 0.29) is 31.3 Å². The Balaban J connectivity index is 1.54. The molecular formula is C16H18N4O4. The van der Waals surface area contributed by atoms with Crippen molar-refractivity contribution < 1.29 is 18.8 Å². The summed E-state index contributed by atoms with van der Waals surface area (Å²) in [6.45, 7) is -0.0386. The Kier molecular flexibility index (Phi) is 4.45. The Morgan fingerprint density at radius 1 is 1.46 bits per heavy atom. The molecule has 0 radical (unpaired) electrons. The minimum absolute atomic E-state index is 0.124. The lowest BCUT2D eigenvalue weighted by atomic mass is 10.0. The van der Waals surface area contributed by atoms with E-state index in [4.69, 9.17) is 4.42 Å². The second-order valence-corrected chi connectivity index (χ2v) is 5.80. The van der Waals surface area contributed by atoms with Crippen LogP contribution in [0, 0.1) is 5.92 Å². The second-order valence-electron chi connectivity index (χ2n) is 5.80. The van der Waals surface area contributed by atoms with Gasteiger partial charge in [-0.2, -0.15) is 5.10 Å². The zero-order chi connectivity index (χ0) is 17.1. The number of furan rings is 1. The van der Waals surface area contributed by atoms with Crippen LogP contribution < -0.4 is 5.32 Å². The van der Waals surface area contributed by atoms with Gasteiger partial charge in [0.05, 0.1) is 24.9 Å². The molecular weight excluding hydrogens is 312 g/mol. The van der Waals surface area contributed by atoms with Crippen molar-refractivity contribution >= 4 is 17.7 Å². The first-order chi connectivity index (χ1) is 11.5. The third kappa shape index (κ3) is 3.53. The van der Waals surface area contributed by atoms with Crippen LogP contribution in [0.5, 0.6) is 0 Å². The number of carbonyl (C=O) groups excluding carboxylic acids is 3. The third-order valence-corrected chi connectivity index (χ3v) is 3.92. The van der Waals surface area contributed by atoms with Crippen molar-refractivity contribution in [3.05, 3.63) is 42.1 Å². The molecule has 1 aliphatic rings. The summed E-state index contributed by atoms with van der Waals surface area (Å²) in [5.74, 6) is -0.842. The van der Waals surface area contributed by atoms with Gasteiger partial charge in [-0.05, 0) is 24.1 Å². The quantitative estimate of drug-likeness (QED) is 0.766. The molecule has 1 aliphatic heterocycles. The van der Waals surface area contributed by atoms with E-state index in [2.05, 4.69) is 10.4 Å². The Bertz CT molecular complexity index is 750. The van der Waals surface area contributed by atoms with Gasteiger partial charge in [0.25, 0.3) is 0 Å². The Morgan fingerprint density at radius 2 is 2.29 bits per heavy atom. The molecule has 8 nitrogen and oxygen atoms in total. The number of aromatic nitrogens is 2. The SMILES string of the molecule is Cn1cc(CC2CC(=O)N(CC(=O)NCc3ccco3)C2=O)cn1. The average molecular weight is 330 g/mol. The molecule has 0 saturated carbocycles. The van der Waals surface area contributed by atoms with Crippen molar-refractivity contribution in [1.82, 2.24) is 20.0 Å². The van der Waals surface area contributed by atoms with Crippen LogP contribution >= 0.6 is 0 Å². The van der Waals surface area contributed by atoms with Gasteiger partial charge in [0.15, 0.2) is 0 Å². The Morgan fingerprint density at radius 3 is 2.96 bits per heavy atom. The number of hydrogen-bond acceptors (Lipinski definition) is 5. The first-order valence-electron chi connectivity index (χ1n) is 7.63. The van der Waals surface area contributed by atoms with Gasteiger partial charge in [-0.1, -0.05) is 0 Å². The van der Waals surface area contributed by atoms with Crippen LogP contribution in [0.3, 0.4) is 0 Å². The molecule has 1 N–H and O–H groups in total. The fourth-order valence-corrected chi connectivity index (χ4v) is 2.74. The van der Waals surface area contributed by atoms with Gasteiger partial charge in [0.1, 0.15) is 12.3 Å². The summed E-state index contributed by atoms with van der Waals surface area (Å²) >= 11 is 0. The summed E-state index contributed by atoms with van der Waals surface area (Å²) in [7, 11) is 1.79. The molecule has 8 heteroatoms. The molecule has 2 aromatic heterocycles. The van der Waals surface area contributed by atoms with Crippen LogP contribution in [0.1, 0.15) is 17.7 Å². The van der Waals surface area contributed by atoms with Crippen LogP contribution in [-0.2, 0) is 34.4 Å². The van der Waals surface area contributed by atoms with Crippen LogP contribution in [0.2, 0.25) is 0 Å². The summed E-state index contributed by atoms with van der Waals surface area (Å²) in [5.41, 5.74) is 0.896. The maximum absolute atomic E-state index is 12.4. The monoisotopic (exact) mass is 330 g/mol. The van der Waals surface area contributed by atoms with E-state index in [1.807, 2.05) is 6.20 Å². The fourth-order valence-electron chi connectivity index (χ4n) is 2.74. The van der Waals surface area contributed by atoms with Gasteiger partial charge in [-0.3, -0.25) is 24.0 Å². The summed E-state index contributed by atoms with van der Waals surface area (Å²) in [6, 6.07) is 3.45. The normalized spacial score (nSPS) is 17.5.